The number of rotatable bonds is 6. The molecular formula is C15H22N2O. The molecule has 2 rings (SSSR count). The van der Waals surface area contributed by atoms with Crippen molar-refractivity contribution in [1.82, 2.24) is 10.6 Å². The molecule has 0 saturated carbocycles. The molecule has 1 aromatic carbocycles. The van der Waals surface area contributed by atoms with Crippen molar-refractivity contribution in [2.45, 2.75) is 38.6 Å². The van der Waals surface area contributed by atoms with Gasteiger partial charge in [0.2, 0.25) is 5.91 Å². The number of carbonyl (C=O) groups excluding carboxylic acids is 1. The molecule has 0 bridgehead atoms. The highest BCUT2D eigenvalue weighted by atomic mass is 16.1. The molecule has 0 saturated heterocycles. The summed E-state index contributed by atoms with van der Waals surface area (Å²) in [6, 6.07) is 9.09. The quantitative estimate of drug-likeness (QED) is 0.801. The number of hydrogen-bond donors (Lipinski definition) is 2. The normalized spacial score (nSPS) is 14.5. The number of nitrogens with one attached hydrogen (secondary N) is 2. The fraction of sp³-hybridized carbons (Fsp3) is 0.533. The van der Waals surface area contributed by atoms with Crippen molar-refractivity contribution in [2.75, 3.05) is 13.1 Å². The van der Waals surface area contributed by atoms with Crippen LogP contribution in [-0.2, 0) is 17.6 Å². The lowest BCUT2D eigenvalue weighted by Gasteiger charge is -2.11. The highest BCUT2D eigenvalue weighted by Gasteiger charge is 2.19. The Morgan fingerprint density at radius 2 is 1.89 bits per heavy atom. The molecule has 1 amide bonds. The number of hydrogen-bond acceptors (Lipinski definition) is 2. The maximum atomic E-state index is 11.4. The third-order valence-electron chi connectivity index (χ3n) is 3.41. The van der Waals surface area contributed by atoms with Gasteiger partial charge in [0, 0.05) is 25.6 Å². The molecule has 1 aliphatic rings. The van der Waals surface area contributed by atoms with Crippen LogP contribution in [0.4, 0.5) is 0 Å². The van der Waals surface area contributed by atoms with E-state index >= 15 is 0 Å². The van der Waals surface area contributed by atoms with Crippen LogP contribution < -0.4 is 10.6 Å². The van der Waals surface area contributed by atoms with Gasteiger partial charge in [-0.3, -0.25) is 4.79 Å². The van der Waals surface area contributed by atoms with Crippen LogP contribution in [0.3, 0.4) is 0 Å². The second kappa shape index (κ2) is 6.55. The first-order valence-electron chi connectivity index (χ1n) is 6.86. The van der Waals surface area contributed by atoms with E-state index in [1.54, 1.807) is 0 Å². The molecule has 0 atom stereocenters. The molecule has 0 fully saturated rings. The van der Waals surface area contributed by atoms with Crippen LogP contribution in [0.2, 0.25) is 0 Å². The Balaban J connectivity index is 1.66. The summed E-state index contributed by atoms with van der Waals surface area (Å²) < 4.78 is 0. The van der Waals surface area contributed by atoms with Gasteiger partial charge in [-0.25, -0.2) is 0 Å². The Bertz CT molecular complexity index is 378. The zero-order valence-corrected chi connectivity index (χ0v) is 11.0. The number of amides is 1. The molecule has 2 N–H and O–H groups in total. The van der Waals surface area contributed by atoms with E-state index in [1.807, 2.05) is 0 Å². The largest absolute Gasteiger partial charge is 0.356 e. The standard InChI is InChI=1S/C15H22N2O/c1-2-8-17-15(18)7-9-16-14-10-12-5-3-4-6-13(12)11-14/h3-6,14,16H,2,7-11H2,1H3,(H,17,18). The van der Waals surface area contributed by atoms with Gasteiger partial charge >= 0.3 is 0 Å². The van der Waals surface area contributed by atoms with Crippen molar-refractivity contribution >= 4 is 5.91 Å². The molecule has 1 aromatic rings. The minimum Gasteiger partial charge on any atom is -0.356 e. The van der Waals surface area contributed by atoms with E-state index in [-0.39, 0.29) is 5.91 Å². The molecule has 0 aromatic heterocycles. The van der Waals surface area contributed by atoms with Gasteiger partial charge in [-0.2, -0.15) is 0 Å². The predicted molar refractivity (Wildman–Crippen MR) is 73.6 cm³/mol. The minimum absolute atomic E-state index is 0.153. The number of benzene rings is 1. The van der Waals surface area contributed by atoms with E-state index < -0.39 is 0 Å². The van der Waals surface area contributed by atoms with E-state index in [1.165, 1.54) is 11.1 Å². The van der Waals surface area contributed by atoms with Crippen LogP contribution in [0, 0.1) is 0 Å². The predicted octanol–water partition coefficient (Wildman–Crippen LogP) is 1.66. The molecular weight excluding hydrogens is 224 g/mol. The summed E-state index contributed by atoms with van der Waals surface area (Å²) in [6.45, 7) is 3.62. The summed E-state index contributed by atoms with van der Waals surface area (Å²) in [4.78, 5) is 11.4. The highest BCUT2D eigenvalue weighted by Crippen LogP contribution is 2.21. The van der Waals surface area contributed by atoms with Gasteiger partial charge in [-0.1, -0.05) is 31.2 Å². The lowest BCUT2D eigenvalue weighted by molar-refractivity contribution is -0.121. The first-order chi connectivity index (χ1) is 8.79. The second-order valence-electron chi connectivity index (χ2n) is 4.93. The maximum Gasteiger partial charge on any atom is 0.221 e. The van der Waals surface area contributed by atoms with Crippen molar-refractivity contribution in [3.05, 3.63) is 35.4 Å². The van der Waals surface area contributed by atoms with Gasteiger partial charge in [-0.05, 0) is 30.4 Å². The van der Waals surface area contributed by atoms with Crippen LogP contribution in [-0.4, -0.2) is 25.0 Å². The van der Waals surface area contributed by atoms with E-state index in [2.05, 4.69) is 41.8 Å². The molecule has 0 spiro atoms. The smallest absolute Gasteiger partial charge is 0.221 e. The van der Waals surface area contributed by atoms with Gasteiger partial charge < -0.3 is 10.6 Å². The van der Waals surface area contributed by atoms with Crippen LogP contribution in [0.15, 0.2) is 24.3 Å². The zero-order valence-electron chi connectivity index (χ0n) is 11.0. The molecule has 3 heteroatoms. The lowest BCUT2D eigenvalue weighted by Crippen LogP contribution is -2.34. The summed E-state index contributed by atoms with van der Waals surface area (Å²) in [7, 11) is 0. The van der Waals surface area contributed by atoms with Gasteiger partial charge in [0.05, 0.1) is 0 Å². The van der Waals surface area contributed by atoms with Crippen LogP contribution in [0.1, 0.15) is 30.9 Å². The van der Waals surface area contributed by atoms with Gasteiger partial charge in [0.1, 0.15) is 0 Å². The molecule has 1 aliphatic carbocycles. The minimum atomic E-state index is 0.153. The zero-order chi connectivity index (χ0) is 12.8. The maximum absolute atomic E-state index is 11.4. The lowest BCUT2D eigenvalue weighted by atomic mass is 10.1. The molecule has 18 heavy (non-hydrogen) atoms. The highest BCUT2D eigenvalue weighted by molar-refractivity contribution is 5.75. The van der Waals surface area contributed by atoms with Crippen molar-refractivity contribution in [3.63, 3.8) is 0 Å². The molecule has 3 nitrogen and oxygen atoms in total. The van der Waals surface area contributed by atoms with Gasteiger partial charge in [0.25, 0.3) is 0 Å². The average molecular weight is 246 g/mol. The molecule has 0 unspecified atom stereocenters. The van der Waals surface area contributed by atoms with Crippen molar-refractivity contribution < 1.29 is 4.79 Å². The van der Waals surface area contributed by atoms with E-state index in [4.69, 9.17) is 0 Å². The Morgan fingerprint density at radius 1 is 1.22 bits per heavy atom. The first-order valence-corrected chi connectivity index (χ1v) is 6.86. The summed E-state index contributed by atoms with van der Waals surface area (Å²) in [5.74, 6) is 0.153. The Morgan fingerprint density at radius 3 is 2.50 bits per heavy atom. The van der Waals surface area contributed by atoms with Crippen molar-refractivity contribution in [3.8, 4) is 0 Å². The Labute approximate surface area is 109 Å². The molecule has 98 valence electrons. The van der Waals surface area contributed by atoms with Gasteiger partial charge in [0.15, 0.2) is 0 Å². The SMILES string of the molecule is CCCNC(=O)CCNC1Cc2ccccc2C1. The van der Waals surface area contributed by atoms with E-state index in [0.29, 0.717) is 12.5 Å². The van der Waals surface area contributed by atoms with Gasteiger partial charge in [-0.15, -0.1) is 0 Å². The van der Waals surface area contributed by atoms with E-state index in [9.17, 15) is 4.79 Å². The fourth-order valence-corrected chi connectivity index (χ4v) is 2.45. The summed E-state index contributed by atoms with van der Waals surface area (Å²) >= 11 is 0. The molecule has 0 heterocycles. The first kappa shape index (κ1) is 13.1. The molecule has 0 aliphatic heterocycles. The Kier molecular flexibility index (Phi) is 4.76. The number of fused-ring (bicyclic) bond motifs is 1. The summed E-state index contributed by atoms with van der Waals surface area (Å²) in [5, 5.41) is 6.37. The third kappa shape index (κ3) is 3.57. The fourth-order valence-electron chi connectivity index (χ4n) is 2.45. The van der Waals surface area contributed by atoms with Crippen molar-refractivity contribution in [2.24, 2.45) is 0 Å². The summed E-state index contributed by atoms with van der Waals surface area (Å²) in [6.07, 6.45) is 3.75. The van der Waals surface area contributed by atoms with E-state index in [0.717, 1.165) is 32.4 Å². The molecule has 0 radical (unpaired) electrons. The monoisotopic (exact) mass is 246 g/mol. The average Bonchev–Trinajstić information content (AvgIpc) is 2.79. The second-order valence-corrected chi connectivity index (χ2v) is 4.93. The third-order valence-corrected chi connectivity index (χ3v) is 3.41. The van der Waals surface area contributed by atoms with Crippen molar-refractivity contribution in [1.29, 1.82) is 0 Å². The number of carbonyl (C=O) groups is 1. The van der Waals surface area contributed by atoms with Crippen LogP contribution in [0.25, 0.3) is 0 Å². The van der Waals surface area contributed by atoms with Crippen LogP contribution >= 0.6 is 0 Å². The Hall–Kier alpha value is -1.35. The topological polar surface area (TPSA) is 41.1 Å². The summed E-state index contributed by atoms with van der Waals surface area (Å²) in [5.41, 5.74) is 2.90. The van der Waals surface area contributed by atoms with Crippen LogP contribution in [0.5, 0.6) is 0 Å².